The molecule has 3 aromatic rings. The van der Waals surface area contributed by atoms with Gasteiger partial charge in [-0.15, -0.1) is 0 Å². The van der Waals surface area contributed by atoms with Crippen LogP contribution in [0.4, 0.5) is 0 Å². The molecule has 0 radical (unpaired) electrons. The van der Waals surface area contributed by atoms with Crippen LogP contribution in [0.15, 0.2) is 78.9 Å². The maximum absolute atomic E-state index is 13.0. The van der Waals surface area contributed by atoms with Crippen LogP contribution in [0.2, 0.25) is 0 Å². The van der Waals surface area contributed by atoms with Gasteiger partial charge in [-0.3, -0.25) is 0 Å². The van der Waals surface area contributed by atoms with Crippen LogP contribution in [0.5, 0.6) is 28.7 Å². The molecule has 250 valence electrons. The Labute approximate surface area is 272 Å². The summed E-state index contributed by atoms with van der Waals surface area (Å²) in [7, 11) is 0. The predicted molar refractivity (Wildman–Crippen MR) is 166 cm³/mol. The lowest BCUT2D eigenvalue weighted by Crippen LogP contribution is -2.64. The van der Waals surface area contributed by atoms with Crippen LogP contribution in [0.3, 0.4) is 0 Å². The summed E-state index contributed by atoms with van der Waals surface area (Å²) >= 11 is 0. The number of phenols is 5. The van der Waals surface area contributed by atoms with Gasteiger partial charge in [-0.2, -0.15) is 0 Å². The highest BCUT2D eigenvalue weighted by Crippen LogP contribution is 2.36. The van der Waals surface area contributed by atoms with E-state index in [0.29, 0.717) is 11.1 Å². The second kappa shape index (κ2) is 14.9. The van der Waals surface area contributed by atoms with E-state index < -0.39 is 71.5 Å². The Balaban J connectivity index is 1.62. The molecule has 0 unspecified atom stereocenters. The van der Waals surface area contributed by atoms with Gasteiger partial charge in [-0.05, 0) is 84.2 Å². The third-order valence-electron chi connectivity index (χ3n) is 7.21. The van der Waals surface area contributed by atoms with Crippen LogP contribution in [0.1, 0.15) is 29.5 Å². The summed E-state index contributed by atoms with van der Waals surface area (Å²) in [5.74, 6) is -6.86. The number of aliphatic hydroxyl groups is 1. The highest BCUT2D eigenvalue weighted by molar-refractivity contribution is 5.90. The van der Waals surface area contributed by atoms with Crippen molar-refractivity contribution >= 4 is 42.1 Å². The minimum atomic E-state index is -2.80. The SMILES string of the molecule is O=C(C=Cc1ccc(O)cc1)O[C@H]1[C@H](OC(=O)C=Cc2ccc(O)c(O)c2)CC[C@](O)(C(=O)O)[C@H]1OC(=O)C=Cc1ccc(O)c(O)c1. The van der Waals surface area contributed by atoms with Gasteiger partial charge in [0, 0.05) is 18.2 Å². The highest BCUT2D eigenvalue weighted by atomic mass is 16.6. The molecular weight excluding hydrogens is 632 g/mol. The molecule has 14 nitrogen and oxygen atoms in total. The van der Waals surface area contributed by atoms with Gasteiger partial charge in [-0.25, -0.2) is 19.2 Å². The molecular formula is C34H30O14. The van der Waals surface area contributed by atoms with E-state index >= 15 is 0 Å². The zero-order valence-corrected chi connectivity index (χ0v) is 24.9. The first kappa shape index (κ1) is 34.6. The molecule has 48 heavy (non-hydrogen) atoms. The molecule has 0 aromatic heterocycles. The number of hydrogen-bond donors (Lipinski definition) is 7. The largest absolute Gasteiger partial charge is 0.508 e. The van der Waals surface area contributed by atoms with Crippen LogP contribution >= 0.6 is 0 Å². The van der Waals surface area contributed by atoms with E-state index in [-0.39, 0.29) is 23.5 Å². The molecule has 0 saturated heterocycles. The summed E-state index contributed by atoms with van der Waals surface area (Å²) in [6.45, 7) is 0. The smallest absolute Gasteiger partial charge is 0.339 e. The lowest BCUT2D eigenvalue weighted by molar-refractivity contribution is -0.226. The molecule has 1 fully saturated rings. The van der Waals surface area contributed by atoms with E-state index in [1.54, 1.807) is 0 Å². The molecule has 0 aliphatic heterocycles. The number of aromatic hydroxyl groups is 5. The number of esters is 3. The third-order valence-corrected chi connectivity index (χ3v) is 7.21. The first-order chi connectivity index (χ1) is 22.7. The number of ether oxygens (including phenoxy) is 3. The van der Waals surface area contributed by atoms with Crippen molar-refractivity contribution < 1.29 is 69.1 Å². The van der Waals surface area contributed by atoms with E-state index in [1.807, 2.05) is 0 Å². The van der Waals surface area contributed by atoms with Crippen molar-refractivity contribution in [2.24, 2.45) is 0 Å². The Morgan fingerprint density at radius 3 is 1.58 bits per heavy atom. The van der Waals surface area contributed by atoms with Crippen molar-refractivity contribution in [3.8, 4) is 28.7 Å². The van der Waals surface area contributed by atoms with Crippen LogP contribution in [0.25, 0.3) is 18.2 Å². The highest BCUT2D eigenvalue weighted by Gasteiger charge is 2.58. The van der Waals surface area contributed by atoms with E-state index in [2.05, 4.69) is 0 Å². The minimum Gasteiger partial charge on any atom is -0.508 e. The summed E-state index contributed by atoms with van der Waals surface area (Å²) < 4.78 is 16.3. The number of carboxylic acid groups (broad SMARTS) is 1. The van der Waals surface area contributed by atoms with Gasteiger partial charge < -0.3 is 50.0 Å². The number of carbonyl (C=O) groups excluding carboxylic acids is 3. The van der Waals surface area contributed by atoms with Gasteiger partial charge >= 0.3 is 23.9 Å². The molecule has 4 atom stereocenters. The number of carboxylic acids is 1. The summed E-state index contributed by atoms with van der Waals surface area (Å²) in [5.41, 5.74) is -1.79. The first-order valence-corrected chi connectivity index (χ1v) is 14.2. The van der Waals surface area contributed by atoms with Crippen molar-refractivity contribution in [2.45, 2.75) is 36.8 Å². The molecule has 7 N–H and O–H groups in total. The van der Waals surface area contributed by atoms with Gasteiger partial charge in [0.05, 0.1) is 0 Å². The summed E-state index contributed by atoms with van der Waals surface area (Å²) in [5, 5.41) is 69.0. The maximum atomic E-state index is 13.0. The molecule has 0 amide bonds. The second-order valence-corrected chi connectivity index (χ2v) is 10.6. The van der Waals surface area contributed by atoms with Crippen molar-refractivity contribution in [3.05, 3.63) is 95.6 Å². The zero-order valence-electron chi connectivity index (χ0n) is 24.9. The number of phenolic OH excluding ortho intramolecular Hbond substituents is 5. The molecule has 1 saturated carbocycles. The number of hydrogen-bond acceptors (Lipinski definition) is 13. The standard InChI is InChI=1S/C34H30O14/c35-22-8-1-19(2-9-22)5-12-29(41)47-31-27(46-28(40)13-6-20-3-10-23(36)25(38)17-20)15-16-34(45,33(43)44)32(31)48-30(42)14-7-21-4-11-24(37)26(39)18-21/h1-14,17-18,27,31-32,35-39,45H,15-16H2,(H,43,44)/t27-,31+,32+,34-/m1/s1. The number of rotatable bonds is 10. The van der Waals surface area contributed by atoms with Crippen LogP contribution in [0, 0.1) is 0 Å². The fourth-order valence-corrected chi connectivity index (χ4v) is 4.69. The molecule has 4 rings (SSSR count). The summed E-state index contributed by atoms with van der Waals surface area (Å²) in [4.78, 5) is 50.9. The third kappa shape index (κ3) is 8.70. The van der Waals surface area contributed by atoms with Gasteiger partial charge in [0.15, 0.2) is 35.2 Å². The van der Waals surface area contributed by atoms with E-state index in [4.69, 9.17) is 14.2 Å². The van der Waals surface area contributed by atoms with Gasteiger partial charge in [-0.1, -0.05) is 24.3 Å². The normalized spacial score (nSPS) is 20.9. The fraction of sp³-hybridized carbons (Fsp3) is 0.176. The minimum absolute atomic E-state index is 0.0215. The van der Waals surface area contributed by atoms with E-state index in [1.165, 1.54) is 60.7 Å². The van der Waals surface area contributed by atoms with Crippen LogP contribution in [-0.2, 0) is 33.4 Å². The Bertz CT molecular complexity index is 1770. The predicted octanol–water partition coefficient (Wildman–Crippen LogP) is 3.00. The Hall–Kier alpha value is -6.28. The number of benzene rings is 3. The van der Waals surface area contributed by atoms with Crippen molar-refractivity contribution in [2.75, 3.05) is 0 Å². The van der Waals surface area contributed by atoms with Gasteiger partial charge in [0.2, 0.25) is 5.60 Å². The molecule has 1 aliphatic carbocycles. The van der Waals surface area contributed by atoms with Crippen molar-refractivity contribution in [3.63, 3.8) is 0 Å². The molecule has 0 bridgehead atoms. The molecule has 0 spiro atoms. The van der Waals surface area contributed by atoms with Crippen LogP contribution in [-0.4, -0.2) is 83.5 Å². The zero-order chi connectivity index (χ0) is 35.0. The topological polar surface area (TPSA) is 238 Å². The van der Waals surface area contributed by atoms with Crippen LogP contribution < -0.4 is 0 Å². The van der Waals surface area contributed by atoms with E-state index in [9.17, 15) is 54.9 Å². The fourth-order valence-electron chi connectivity index (χ4n) is 4.69. The molecule has 0 heterocycles. The Kier molecular flexibility index (Phi) is 10.7. The molecule has 14 heteroatoms. The van der Waals surface area contributed by atoms with Crippen molar-refractivity contribution in [1.29, 1.82) is 0 Å². The monoisotopic (exact) mass is 662 g/mol. The Morgan fingerprint density at radius 1 is 0.625 bits per heavy atom. The van der Waals surface area contributed by atoms with Crippen molar-refractivity contribution in [1.82, 2.24) is 0 Å². The molecule has 3 aromatic carbocycles. The maximum Gasteiger partial charge on any atom is 0.339 e. The quantitative estimate of drug-likeness (QED) is 0.0715. The number of aliphatic carboxylic acids is 1. The van der Waals surface area contributed by atoms with E-state index in [0.717, 1.165) is 36.4 Å². The number of carbonyl (C=O) groups is 4. The Morgan fingerprint density at radius 2 is 1.08 bits per heavy atom. The molecule has 1 aliphatic rings. The summed E-state index contributed by atoms with van der Waals surface area (Å²) in [6, 6.07) is 13.1. The lowest BCUT2D eigenvalue weighted by Gasteiger charge is -2.43. The average Bonchev–Trinajstić information content (AvgIpc) is 3.04. The second-order valence-electron chi connectivity index (χ2n) is 10.6. The average molecular weight is 663 g/mol. The lowest BCUT2D eigenvalue weighted by atomic mass is 9.78. The summed E-state index contributed by atoms with van der Waals surface area (Å²) in [6.07, 6.45) is 0.119. The van der Waals surface area contributed by atoms with Gasteiger partial charge in [0.25, 0.3) is 0 Å². The first-order valence-electron chi connectivity index (χ1n) is 14.2. The van der Waals surface area contributed by atoms with Gasteiger partial charge in [0.1, 0.15) is 11.9 Å².